The monoisotopic (exact) mass is 319 g/mol. The minimum Gasteiger partial charge on any atom is -0.508 e. The van der Waals surface area contributed by atoms with Crippen LogP contribution in [0, 0.1) is 6.92 Å². The Morgan fingerprint density at radius 1 is 1.16 bits per heavy atom. The van der Waals surface area contributed by atoms with Crippen LogP contribution < -0.4 is 5.32 Å². The van der Waals surface area contributed by atoms with Crippen molar-refractivity contribution in [1.82, 2.24) is 0 Å². The van der Waals surface area contributed by atoms with Crippen molar-refractivity contribution in [3.05, 3.63) is 58.1 Å². The van der Waals surface area contributed by atoms with E-state index < -0.39 is 0 Å². The van der Waals surface area contributed by atoms with Gasteiger partial charge in [0.15, 0.2) is 0 Å². The van der Waals surface area contributed by atoms with E-state index in [9.17, 15) is 5.11 Å². The molecule has 0 radical (unpaired) electrons. The van der Waals surface area contributed by atoms with Gasteiger partial charge in [0.2, 0.25) is 0 Å². The Morgan fingerprint density at radius 3 is 2.58 bits per heavy atom. The number of hydrogen-bond donors (Lipinski definition) is 2. The molecular weight excluding hydrogens is 302 g/mol. The van der Waals surface area contributed by atoms with E-state index in [0.717, 1.165) is 22.1 Å². The predicted molar refractivity (Wildman–Crippen MR) is 83.6 cm³/mol. The summed E-state index contributed by atoms with van der Waals surface area (Å²) in [6.45, 7) is 4.18. The number of anilines is 1. The standard InChI is InChI=1S/C16H18BrNO/c1-3-14(12-7-4-5-10-16(12)19)18-15-9-6-8-13(17)11(15)2/h4-10,14,18-19H,3H2,1-2H3. The van der Waals surface area contributed by atoms with Gasteiger partial charge >= 0.3 is 0 Å². The Labute approximate surface area is 122 Å². The highest BCUT2D eigenvalue weighted by molar-refractivity contribution is 9.10. The van der Waals surface area contributed by atoms with Crippen molar-refractivity contribution < 1.29 is 5.11 Å². The molecule has 2 rings (SSSR count). The number of aromatic hydroxyl groups is 1. The number of phenols is 1. The van der Waals surface area contributed by atoms with Gasteiger partial charge in [0.1, 0.15) is 5.75 Å². The van der Waals surface area contributed by atoms with E-state index in [-0.39, 0.29) is 6.04 Å². The molecule has 1 atom stereocenters. The van der Waals surface area contributed by atoms with Crippen LogP contribution in [-0.2, 0) is 0 Å². The summed E-state index contributed by atoms with van der Waals surface area (Å²) < 4.78 is 1.09. The summed E-state index contributed by atoms with van der Waals surface area (Å²) in [6, 6.07) is 13.7. The summed E-state index contributed by atoms with van der Waals surface area (Å²) in [5.74, 6) is 0.342. The molecule has 0 aliphatic rings. The summed E-state index contributed by atoms with van der Waals surface area (Å²) >= 11 is 3.54. The Bertz CT molecular complexity index is 568. The molecule has 0 saturated heterocycles. The predicted octanol–water partition coefficient (Wildman–Crippen LogP) is 5.03. The van der Waals surface area contributed by atoms with Crippen LogP contribution in [-0.4, -0.2) is 5.11 Å². The number of halogens is 1. The molecule has 0 fully saturated rings. The normalized spacial score (nSPS) is 12.2. The maximum Gasteiger partial charge on any atom is 0.120 e. The second-order valence-corrected chi connectivity index (χ2v) is 5.43. The first-order valence-corrected chi connectivity index (χ1v) is 7.22. The molecule has 2 N–H and O–H groups in total. The third-order valence-corrected chi connectivity index (χ3v) is 4.18. The Morgan fingerprint density at radius 2 is 1.89 bits per heavy atom. The highest BCUT2D eigenvalue weighted by Gasteiger charge is 2.14. The van der Waals surface area contributed by atoms with Gasteiger partial charge in [-0.25, -0.2) is 0 Å². The van der Waals surface area contributed by atoms with Crippen LogP contribution in [0.25, 0.3) is 0 Å². The van der Waals surface area contributed by atoms with Gasteiger partial charge in [0.25, 0.3) is 0 Å². The molecule has 2 aromatic rings. The zero-order valence-corrected chi connectivity index (χ0v) is 12.7. The van der Waals surface area contributed by atoms with Gasteiger partial charge in [-0.3, -0.25) is 0 Å². The van der Waals surface area contributed by atoms with E-state index in [1.165, 1.54) is 5.56 Å². The van der Waals surface area contributed by atoms with Crippen molar-refractivity contribution in [3.63, 3.8) is 0 Å². The smallest absolute Gasteiger partial charge is 0.120 e. The van der Waals surface area contributed by atoms with Crippen molar-refractivity contribution in [2.75, 3.05) is 5.32 Å². The zero-order valence-electron chi connectivity index (χ0n) is 11.2. The highest BCUT2D eigenvalue weighted by atomic mass is 79.9. The Hall–Kier alpha value is -1.48. The van der Waals surface area contributed by atoms with E-state index in [2.05, 4.69) is 41.2 Å². The molecule has 0 aromatic heterocycles. The second-order valence-electron chi connectivity index (χ2n) is 4.58. The highest BCUT2D eigenvalue weighted by Crippen LogP contribution is 2.31. The van der Waals surface area contributed by atoms with Crippen LogP contribution in [0.2, 0.25) is 0 Å². The summed E-state index contributed by atoms with van der Waals surface area (Å²) in [5.41, 5.74) is 3.20. The van der Waals surface area contributed by atoms with E-state index in [4.69, 9.17) is 0 Å². The van der Waals surface area contributed by atoms with E-state index >= 15 is 0 Å². The van der Waals surface area contributed by atoms with Crippen LogP contribution in [0.4, 0.5) is 5.69 Å². The third-order valence-electron chi connectivity index (χ3n) is 3.32. The fraction of sp³-hybridized carbons (Fsp3) is 0.250. The molecule has 0 saturated carbocycles. The Kier molecular flexibility index (Phi) is 4.48. The van der Waals surface area contributed by atoms with Crippen molar-refractivity contribution >= 4 is 21.6 Å². The second kappa shape index (κ2) is 6.11. The fourth-order valence-corrected chi connectivity index (χ4v) is 2.50. The van der Waals surface area contributed by atoms with Crippen molar-refractivity contribution in [1.29, 1.82) is 0 Å². The van der Waals surface area contributed by atoms with Crippen LogP contribution in [0.15, 0.2) is 46.9 Å². The van der Waals surface area contributed by atoms with Crippen LogP contribution in [0.3, 0.4) is 0 Å². The minimum absolute atomic E-state index is 0.106. The average molecular weight is 320 g/mol. The maximum atomic E-state index is 9.96. The first kappa shape index (κ1) is 13.9. The molecule has 0 spiro atoms. The maximum absolute atomic E-state index is 9.96. The van der Waals surface area contributed by atoms with E-state index in [1.807, 2.05) is 30.3 Å². The summed E-state index contributed by atoms with van der Waals surface area (Å²) in [5, 5.41) is 13.5. The molecule has 2 aromatic carbocycles. The molecular formula is C16H18BrNO. The number of hydrogen-bond acceptors (Lipinski definition) is 2. The molecule has 0 bridgehead atoms. The quantitative estimate of drug-likeness (QED) is 0.828. The number of phenolic OH excluding ortho intramolecular Hbond substituents is 1. The first-order valence-electron chi connectivity index (χ1n) is 6.43. The lowest BCUT2D eigenvalue weighted by molar-refractivity contribution is 0.462. The van der Waals surface area contributed by atoms with Gasteiger partial charge < -0.3 is 10.4 Å². The molecule has 0 heterocycles. The summed E-state index contributed by atoms with van der Waals surface area (Å²) in [7, 11) is 0. The van der Waals surface area contributed by atoms with Crippen LogP contribution in [0.1, 0.15) is 30.5 Å². The molecule has 19 heavy (non-hydrogen) atoms. The molecule has 1 unspecified atom stereocenters. The van der Waals surface area contributed by atoms with Gasteiger partial charge in [-0.15, -0.1) is 0 Å². The lowest BCUT2D eigenvalue weighted by Crippen LogP contribution is -2.10. The van der Waals surface area contributed by atoms with Gasteiger partial charge in [0.05, 0.1) is 6.04 Å². The minimum atomic E-state index is 0.106. The molecule has 0 aliphatic carbocycles. The van der Waals surface area contributed by atoms with Crippen LogP contribution >= 0.6 is 15.9 Å². The lowest BCUT2D eigenvalue weighted by atomic mass is 10.0. The zero-order chi connectivity index (χ0) is 13.8. The Balaban J connectivity index is 2.30. The van der Waals surface area contributed by atoms with Gasteiger partial charge in [0, 0.05) is 15.7 Å². The number of benzene rings is 2. The summed E-state index contributed by atoms with van der Waals surface area (Å²) in [6.07, 6.45) is 0.906. The lowest BCUT2D eigenvalue weighted by Gasteiger charge is -2.21. The molecule has 2 nitrogen and oxygen atoms in total. The summed E-state index contributed by atoms with van der Waals surface area (Å²) in [4.78, 5) is 0. The van der Waals surface area contributed by atoms with E-state index in [0.29, 0.717) is 5.75 Å². The first-order chi connectivity index (χ1) is 9.13. The topological polar surface area (TPSA) is 32.3 Å². The largest absolute Gasteiger partial charge is 0.508 e. The molecule has 3 heteroatoms. The van der Waals surface area contributed by atoms with Crippen LogP contribution in [0.5, 0.6) is 5.75 Å². The number of para-hydroxylation sites is 1. The fourth-order valence-electron chi connectivity index (χ4n) is 2.13. The van der Waals surface area contributed by atoms with Crippen molar-refractivity contribution in [2.45, 2.75) is 26.3 Å². The van der Waals surface area contributed by atoms with Crippen molar-refractivity contribution in [2.24, 2.45) is 0 Å². The average Bonchev–Trinajstić information content (AvgIpc) is 2.41. The number of nitrogens with one attached hydrogen (secondary N) is 1. The molecule has 0 aliphatic heterocycles. The SMILES string of the molecule is CCC(Nc1cccc(Br)c1C)c1ccccc1O. The van der Waals surface area contributed by atoms with Gasteiger partial charge in [-0.2, -0.15) is 0 Å². The van der Waals surface area contributed by atoms with Gasteiger partial charge in [-0.05, 0) is 37.1 Å². The molecule has 0 amide bonds. The third kappa shape index (κ3) is 3.10. The number of rotatable bonds is 4. The molecule has 100 valence electrons. The van der Waals surface area contributed by atoms with E-state index in [1.54, 1.807) is 6.07 Å². The van der Waals surface area contributed by atoms with Crippen molar-refractivity contribution in [3.8, 4) is 5.75 Å². The van der Waals surface area contributed by atoms with Gasteiger partial charge in [-0.1, -0.05) is 47.1 Å².